The number of aromatic nitrogens is 1. The van der Waals surface area contributed by atoms with Crippen molar-refractivity contribution in [1.29, 1.82) is 0 Å². The molecule has 1 aromatic rings. The molecular formula is C11H15ClN2. The van der Waals surface area contributed by atoms with Gasteiger partial charge in [0.05, 0.1) is 5.02 Å². The number of nitrogens with two attached hydrogens (primary N) is 1. The predicted octanol–water partition coefficient (Wildman–Crippen LogP) is 2.51. The molecule has 14 heavy (non-hydrogen) atoms. The van der Waals surface area contributed by atoms with E-state index in [1.54, 1.807) is 12.4 Å². The van der Waals surface area contributed by atoms with Crippen LogP contribution in [0.4, 0.5) is 0 Å². The van der Waals surface area contributed by atoms with Gasteiger partial charge in [-0.15, -0.1) is 0 Å². The minimum absolute atomic E-state index is 0.125. The number of rotatable bonds is 2. The lowest BCUT2D eigenvalue weighted by Gasteiger charge is -2.28. The van der Waals surface area contributed by atoms with Crippen LogP contribution in [0.25, 0.3) is 0 Å². The maximum absolute atomic E-state index is 6.15. The smallest absolute Gasteiger partial charge is 0.0627 e. The molecule has 0 amide bonds. The Balaban J connectivity index is 2.41. The molecule has 0 radical (unpaired) electrons. The van der Waals surface area contributed by atoms with E-state index in [2.05, 4.69) is 4.98 Å². The number of pyridine rings is 1. The second-order valence-electron chi connectivity index (χ2n) is 4.05. The topological polar surface area (TPSA) is 38.9 Å². The average Bonchev–Trinajstić information content (AvgIpc) is 2.68. The second kappa shape index (κ2) is 3.87. The van der Waals surface area contributed by atoms with E-state index in [4.69, 9.17) is 17.3 Å². The van der Waals surface area contributed by atoms with Crippen LogP contribution in [-0.4, -0.2) is 11.5 Å². The molecule has 2 rings (SSSR count). The standard InChI is InChI=1S/C11H15ClN2/c12-10-7-14-6-3-9(10)11(8-13)4-1-2-5-11/h3,6-7H,1-2,4-5,8,13H2. The molecule has 1 aliphatic carbocycles. The highest BCUT2D eigenvalue weighted by molar-refractivity contribution is 6.31. The summed E-state index contributed by atoms with van der Waals surface area (Å²) in [4.78, 5) is 4.01. The van der Waals surface area contributed by atoms with Crippen molar-refractivity contribution in [1.82, 2.24) is 4.98 Å². The molecule has 1 aromatic heterocycles. The van der Waals surface area contributed by atoms with E-state index in [1.807, 2.05) is 6.07 Å². The van der Waals surface area contributed by atoms with Gasteiger partial charge in [-0.1, -0.05) is 24.4 Å². The van der Waals surface area contributed by atoms with Crippen LogP contribution in [0.5, 0.6) is 0 Å². The van der Waals surface area contributed by atoms with Gasteiger partial charge in [0.2, 0.25) is 0 Å². The molecule has 0 spiro atoms. The van der Waals surface area contributed by atoms with E-state index < -0.39 is 0 Å². The fourth-order valence-electron chi connectivity index (χ4n) is 2.44. The number of halogens is 1. The Morgan fingerprint density at radius 1 is 1.43 bits per heavy atom. The fraction of sp³-hybridized carbons (Fsp3) is 0.545. The first kappa shape index (κ1) is 9.94. The summed E-state index contributed by atoms with van der Waals surface area (Å²) in [5.74, 6) is 0. The van der Waals surface area contributed by atoms with Gasteiger partial charge in [0, 0.05) is 24.4 Å². The quantitative estimate of drug-likeness (QED) is 0.815. The molecule has 0 atom stereocenters. The summed E-state index contributed by atoms with van der Waals surface area (Å²) < 4.78 is 0. The maximum Gasteiger partial charge on any atom is 0.0627 e. The number of hydrogen-bond acceptors (Lipinski definition) is 2. The first-order chi connectivity index (χ1) is 6.78. The maximum atomic E-state index is 6.15. The Morgan fingerprint density at radius 2 is 2.14 bits per heavy atom. The van der Waals surface area contributed by atoms with Crippen molar-refractivity contribution in [2.75, 3.05) is 6.54 Å². The summed E-state index contributed by atoms with van der Waals surface area (Å²) >= 11 is 6.15. The Hall–Kier alpha value is -0.600. The van der Waals surface area contributed by atoms with Crippen LogP contribution in [0.3, 0.4) is 0 Å². The zero-order valence-corrected chi connectivity index (χ0v) is 8.93. The molecule has 0 unspecified atom stereocenters. The Morgan fingerprint density at radius 3 is 2.71 bits per heavy atom. The van der Waals surface area contributed by atoms with Crippen molar-refractivity contribution < 1.29 is 0 Å². The van der Waals surface area contributed by atoms with Crippen molar-refractivity contribution in [2.24, 2.45) is 5.73 Å². The van der Waals surface area contributed by atoms with Crippen LogP contribution in [0, 0.1) is 0 Å². The van der Waals surface area contributed by atoms with Crippen LogP contribution >= 0.6 is 11.6 Å². The van der Waals surface area contributed by atoms with Gasteiger partial charge in [-0.05, 0) is 24.5 Å². The summed E-state index contributed by atoms with van der Waals surface area (Å²) in [6.45, 7) is 0.691. The van der Waals surface area contributed by atoms with Crippen LogP contribution in [0.15, 0.2) is 18.5 Å². The van der Waals surface area contributed by atoms with Crippen LogP contribution in [0.2, 0.25) is 5.02 Å². The largest absolute Gasteiger partial charge is 0.330 e. The highest BCUT2D eigenvalue weighted by atomic mass is 35.5. The Bertz CT molecular complexity index is 319. The van der Waals surface area contributed by atoms with E-state index in [0.29, 0.717) is 6.54 Å². The normalized spacial score (nSPS) is 19.9. The van der Waals surface area contributed by atoms with Crippen molar-refractivity contribution in [2.45, 2.75) is 31.1 Å². The van der Waals surface area contributed by atoms with E-state index in [-0.39, 0.29) is 5.41 Å². The number of hydrogen-bond donors (Lipinski definition) is 1. The lowest BCUT2D eigenvalue weighted by Crippen LogP contribution is -2.32. The molecule has 1 aliphatic rings. The van der Waals surface area contributed by atoms with Crippen LogP contribution in [-0.2, 0) is 5.41 Å². The molecule has 0 aliphatic heterocycles. The highest BCUT2D eigenvalue weighted by Crippen LogP contribution is 2.42. The lowest BCUT2D eigenvalue weighted by molar-refractivity contribution is 0.453. The third-order valence-corrected chi connectivity index (χ3v) is 3.60. The molecular weight excluding hydrogens is 196 g/mol. The summed E-state index contributed by atoms with van der Waals surface area (Å²) in [7, 11) is 0. The molecule has 0 saturated heterocycles. The third-order valence-electron chi connectivity index (χ3n) is 3.30. The molecule has 0 bridgehead atoms. The molecule has 76 valence electrons. The van der Waals surface area contributed by atoms with Gasteiger partial charge in [0.25, 0.3) is 0 Å². The first-order valence-electron chi connectivity index (χ1n) is 5.08. The van der Waals surface area contributed by atoms with Crippen molar-refractivity contribution >= 4 is 11.6 Å². The summed E-state index contributed by atoms with van der Waals surface area (Å²) in [5.41, 5.74) is 7.20. The fourth-order valence-corrected chi connectivity index (χ4v) is 2.76. The van der Waals surface area contributed by atoms with Crippen molar-refractivity contribution in [3.8, 4) is 0 Å². The molecule has 1 fully saturated rings. The molecule has 1 saturated carbocycles. The van der Waals surface area contributed by atoms with Gasteiger partial charge in [0.1, 0.15) is 0 Å². The van der Waals surface area contributed by atoms with Gasteiger partial charge < -0.3 is 5.73 Å². The van der Waals surface area contributed by atoms with Gasteiger partial charge in [0.15, 0.2) is 0 Å². The molecule has 2 nitrogen and oxygen atoms in total. The number of nitrogens with zero attached hydrogens (tertiary/aromatic N) is 1. The van der Waals surface area contributed by atoms with E-state index in [1.165, 1.54) is 18.4 Å². The van der Waals surface area contributed by atoms with Gasteiger partial charge in [-0.3, -0.25) is 4.98 Å². The van der Waals surface area contributed by atoms with Gasteiger partial charge >= 0.3 is 0 Å². The first-order valence-corrected chi connectivity index (χ1v) is 5.46. The zero-order valence-electron chi connectivity index (χ0n) is 8.17. The highest BCUT2D eigenvalue weighted by Gasteiger charge is 2.35. The van der Waals surface area contributed by atoms with Crippen LogP contribution in [0.1, 0.15) is 31.2 Å². The van der Waals surface area contributed by atoms with Crippen molar-refractivity contribution in [3.05, 3.63) is 29.0 Å². The average molecular weight is 211 g/mol. The Kier molecular flexibility index (Phi) is 2.75. The predicted molar refractivity (Wildman–Crippen MR) is 58.4 cm³/mol. The SMILES string of the molecule is NCC1(c2ccncc2Cl)CCCC1. The van der Waals surface area contributed by atoms with Gasteiger partial charge in [-0.2, -0.15) is 0 Å². The third kappa shape index (κ3) is 1.53. The zero-order chi connectivity index (χ0) is 10.0. The summed E-state index contributed by atoms with van der Waals surface area (Å²) in [6.07, 6.45) is 8.36. The lowest BCUT2D eigenvalue weighted by atomic mass is 9.79. The molecule has 3 heteroatoms. The van der Waals surface area contributed by atoms with Crippen molar-refractivity contribution in [3.63, 3.8) is 0 Å². The van der Waals surface area contributed by atoms with Gasteiger partial charge in [-0.25, -0.2) is 0 Å². The monoisotopic (exact) mass is 210 g/mol. The minimum atomic E-state index is 0.125. The minimum Gasteiger partial charge on any atom is -0.330 e. The Labute approximate surface area is 89.5 Å². The van der Waals surface area contributed by atoms with E-state index in [0.717, 1.165) is 17.9 Å². The second-order valence-corrected chi connectivity index (χ2v) is 4.45. The van der Waals surface area contributed by atoms with E-state index in [9.17, 15) is 0 Å². The molecule has 0 aromatic carbocycles. The molecule has 1 heterocycles. The summed E-state index contributed by atoms with van der Waals surface area (Å²) in [5, 5.41) is 0.764. The molecule has 2 N–H and O–H groups in total. The summed E-state index contributed by atoms with van der Waals surface area (Å²) in [6, 6.07) is 2.01. The van der Waals surface area contributed by atoms with E-state index >= 15 is 0 Å². The van der Waals surface area contributed by atoms with Crippen LogP contribution < -0.4 is 5.73 Å².